The highest BCUT2D eigenvalue weighted by atomic mass is 19.1. The zero-order chi connectivity index (χ0) is 41.0. The molecule has 5 aliphatic rings. The number of aromatic hydroxyl groups is 1. The lowest BCUT2D eigenvalue weighted by Crippen LogP contribution is -2.57. The fourth-order valence-electron chi connectivity index (χ4n) is 10.3. The van der Waals surface area contributed by atoms with E-state index >= 15 is 8.78 Å². The molecule has 0 radical (unpaired) electrons. The van der Waals surface area contributed by atoms with Crippen LogP contribution in [0, 0.1) is 29.9 Å². The summed E-state index contributed by atoms with van der Waals surface area (Å²) in [5, 5.41) is 11.6. The number of ether oxygens (including phenoxy) is 3. The van der Waals surface area contributed by atoms with Gasteiger partial charge in [-0.3, -0.25) is 19.6 Å². The number of aromatic nitrogens is 3. The smallest absolute Gasteiger partial charge is 0.413 e. The van der Waals surface area contributed by atoms with Crippen molar-refractivity contribution < 1.29 is 42.1 Å². The summed E-state index contributed by atoms with van der Waals surface area (Å²) in [5.41, 5.74) is -0.881. The Morgan fingerprint density at radius 3 is 2.58 bits per heavy atom. The van der Waals surface area contributed by atoms with E-state index in [1.807, 2.05) is 11.8 Å². The van der Waals surface area contributed by atoms with Gasteiger partial charge in [0.05, 0.1) is 28.6 Å². The van der Waals surface area contributed by atoms with Gasteiger partial charge in [0.15, 0.2) is 5.82 Å². The molecule has 4 aromatic rings. The first-order valence-electron chi connectivity index (χ1n) is 20.8. The van der Waals surface area contributed by atoms with Crippen molar-refractivity contribution in [2.45, 2.75) is 108 Å². The molecule has 4 saturated heterocycles. The summed E-state index contributed by atoms with van der Waals surface area (Å²) in [7, 11) is 0. The summed E-state index contributed by atoms with van der Waals surface area (Å²) in [4.78, 5) is 46.2. The maximum Gasteiger partial charge on any atom is 0.413 e. The van der Waals surface area contributed by atoms with E-state index in [9.17, 15) is 19.1 Å². The molecule has 1 aliphatic carbocycles. The zero-order valence-corrected chi connectivity index (χ0v) is 33.0. The Morgan fingerprint density at radius 1 is 1.05 bits per heavy atom. The second-order valence-corrected chi connectivity index (χ2v) is 16.8. The van der Waals surface area contributed by atoms with E-state index in [2.05, 4.69) is 20.8 Å². The van der Waals surface area contributed by atoms with Crippen molar-refractivity contribution in [3.05, 3.63) is 47.7 Å². The first kappa shape index (κ1) is 39.1. The number of carbonyl (C=O) groups is 2. The molecule has 5 atom stereocenters. The van der Waals surface area contributed by atoms with Crippen molar-refractivity contribution in [3.8, 4) is 35.4 Å². The molecule has 9 rings (SSSR count). The number of amides is 1. The third kappa shape index (κ3) is 7.13. The molecule has 5 fully saturated rings. The quantitative estimate of drug-likeness (QED) is 0.0976. The molecule has 1 amide bonds. The van der Waals surface area contributed by atoms with Crippen molar-refractivity contribution in [1.82, 2.24) is 24.8 Å². The average molecular weight is 813 g/mol. The number of benzene rings is 2. The molecule has 15 heteroatoms. The Hall–Kier alpha value is -5.36. The number of hydrogen-bond donors (Lipinski definition) is 1. The molecule has 0 spiro atoms. The van der Waals surface area contributed by atoms with Crippen LogP contribution in [0.4, 0.5) is 23.8 Å². The van der Waals surface area contributed by atoms with Crippen molar-refractivity contribution in [3.63, 3.8) is 0 Å². The van der Waals surface area contributed by atoms with Gasteiger partial charge in [-0.15, -0.1) is 6.42 Å². The van der Waals surface area contributed by atoms with Crippen LogP contribution in [0.1, 0.15) is 83.1 Å². The summed E-state index contributed by atoms with van der Waals surface area (Å²) in [6.07, 6.45) is 12.5. The van der Waals surface area contributed by atoms with Gasteiger partial charge < -0.3 is 24.2 Å². The molecule has 3 unspecified atom stereocenters. The molecule has 1 N–H and O–H groups in total. The van der Waals surface area contributed by atoms with Gasteiger partial charge in [0, 0.05) is 55.5 Å². The number of esters is 1. The molecular formula is C44H47F3N6O6. The number of carbonyl (C=O) groups excluding carboxylic acids is 2. The number of rotatable bonds is 10. The van der Waals surface area contributed by atoms with Gasteiger partial charge in [-0.25, -0.2) is 18.0 Å². The zero-order valence-electron chi connectivity index (χ0n) is 33.0. The second-order valence-electron chi connectivity index (χ2n) is 16.8. The second kappa shape index (κ2) is 15.7. The number of pyridine rings is 1. The van der Waals surface area contributed by atoms with Gasteiger partial charge >= 0.3 is 18.1 Å². The number of phenols is 1. The van der Waals surface area contributed by atoms with Crippen LogP contribution >= 0.6 is 0 Å². The Bertz CT molecular complexity index is 2340. The third-order valence-corrected chi connectivity index (χ3v) is 13.0. The summed E-state index contributed by atoms with van der Waals surface area (Å²) in [6.45, 7) is 3.74. The SMILES string of the molecule is C#Cc1c(F)ccc2cc(O)cc(-c3ncc4c(N5CC6CCC(C5)N6C(=O)OC(OC(=O)CCC)C5CCCC5)nc(OC[C@@]56CCCN5C[C@H](F)C6)nc4c3F)c12. The Labute approximate surface area is 340 Å². The maximum absolute atomic E-state index is 17.2. The maximum atomic E-state index is 17.2. The van der Waals surface area contributed by atoms with E-state index in [1.165, 1.54) is 30.5 Å². The van der Waals surface area contributed by atoms with Gasteiger partial charge in [0.25, 0.3) is 6.29 Å². The minimum atomic E-state index is -0.983. The summed E-state index contributed by atoms with van der Waals surface area (Å²) in [5.74, 6) is 0.533. The fraction of sp³-hybridized carbons (Fsp3) is 0.523. The van der Waals surface area contributed by atoms with Gasteiger partial charge in [-0.1, -0.05) is 31.8 Å². The number of hydrogen-bond acceptors (Lipinski definition) is 11. The number of phenolic OH excluding ortho intramolecular Hbond substituents is 1. The van der Waals surface area contributed by atoms with Gasteiger partial charge in [-0.2, -0.15) is 9.97 Å². The van der Waals surface area contributed by atoms with Gasteiger partial charge in [0.2, 0.25) is 0 Å². The highest BCUT2D eigenvalue weighted by Crippen LogP contribution is 2.43. The molecule has 1 saturated carbocycles. The van der Waals surface area contributed by atoms with Crippen LogP contribution < -0.4 is 9.64 Å². The molecule has 59 heavy (non-hydrogen) atoms. The first-order valence-corrected chi connectivity index (χ1v) is 20.8. The van der Waals surface area contributed by atoms with Crippen LogP contribution in [0.25, 0.3) is 32.9 Å². The Balaban J connectivity index is 1.07. The topological polar surface area (TPSA) is 130 Å². The molecule has 6 heterocycles. The number of anilines is 1. The van der Waals surface area contributed by atoms with E-state index in [0.29, 0.717) is 56.5 Å². The standard InChI is InChI=1S/C44H47F3N6O6/c1-3-8-35(55)58-41(25-9-5-6-10-25)59-43(56)53-28-12-13-29(53)23-51(22-28)40-33-20-48-38(32-18-30(54)17-26-11-14-34(46)31(4-2)36(26)32)37(47)39(33)49-42(50-40)57-24-44-15-7-16-52(44)21-27(45)19-44/h2,11,14,17-18,20,25,27-29,41,54H,3,5-10,12-13,15-16,19,21-24H2,1H3/t27-,28?,29?,41?,44+/m1/s1. The molecule has 2 aromatic carbocycles. The normalized spacial score (nSPS) is 24.8. The summed E-state index contributed by atoms with van der Waals surface area (Å²) < 4.78 is 64.9. The predicted molar refractivity (Wildman–Crippen MR) is 212 cm³/mol. The molecule has 310 valence electrons. The van der Waals surface area contributed by atoms with Crippen LogP contribution in [0.15, 0.2) is 30.5 Å². The monoisotopic (exact) mass is 812 g/mol. The molecule has 2 aromatic heterocycles. The summed E-state index contributed by atoms with van der Waals surface area (Å²) in [6, 6.07) is 4.67. The fourth-order valence-corrected chi connectivity index (χ4v) is 10.3. The van der Waals surface area contributed by atoms with Crippen LogP contribution in [0.5, 0.6) is 11.8 Å². The Morgan fingerprint density at radius 2 is 1.83 bits per heavy atom. The summed E-state index contributed by atoms with van der Waals surface area (Å²) >= 11 is 0. The first-order chi connectivity index (χ1) is 28.6. The van der Waals surface area contributed by atoms with E-state index in [-0.39, 0.29) is 81.9 Å². The van der Waals surface area contributed by atoms with E-state index in [0.717, 1.165) is 45.1 Å². The average Bonchev–Trinajstić information content (AvgIpc) is 4.00. The van der Waals surface area contributed by atoms with Crippen LogP contribution in [0.2, 0.25) is 0 Å². The van der Waals surface area contributed by atoms with Crippen molar-refractivity contribution >= 4 is 39.6 Å². The lowest BCUT2D eigenvalue weighted by Gasteiger charge is -2.41. The Kier molecular flexibility index (Phi) is 10.4. The van der Waals surface area contributed by atoms with E-state index in [1.54, 1.807) is 4.90 Å². The van der Waals surface area contributed by atoms with Crippen LogP contribution in [-0.4, -0.2) is 105 Å². The minimum Gasteiger partial charge on any atom is -0.508 e. The molecular weight excluding hydrogens is 766 g/mol. The number of piperazine rings is 1. The van der Waals surface area contributed by atoms with Crippen molar-refractivity contribution in [2.75, 3.05) is 37.7 Å². The third-order valence-electron chi connectivity index (χ3n) is 13.0. The molecule has 2 bridgehead atoms. The van der Waals surface area contributed by atoms with Gasteiger partial charge in [0.1, 0.15) is 41.4 Å². The predicted octanol–water partition coefficient (Wildman–Crippen LogP) is 7.41. The highest BCUT2D eigenvalue weighted by Gasteiger charge is 2.50. The largest absolute Gasteiger partial charge is 0.508 e. The minimum absolute atomic E-state index is 0.0531. The van der Waals surface area contributed by atoms with E-state index in [4.69, 9.17) is 25.6 Å². The molecule has 4 aliphatic heterocycles. The van der Waals surface area contributed by atoms with Crippen LogP contribution in [0.3, 0.4) is 0 Å². The number of halogens is 3. The number of alkyl halides is 1. The number of terminal acetylenes is 1. The lowest BCUT2D eigenvalue weighted by atomic mass is 9.95. The molecule has 12 nitrogen and oxygen atoms in total. The van der Waals surface area contributed by atoms with Crippen LogP contribution in [-0.2, 0) is 14.3 Å². The van der Waals surface area contributed by atoms with Crippen molar-refractivity contribution in [1.29, 1.82) is 0 Å². The number of nitrogens with zero attached hydrogens (tertiary/aromatic N) is 6. The van der Waals surface area contributed by atoms with E-state index < -0.39 is 35.7 Å². The highest BCUT2D eigenvalue weighted by molar-refractivity contribution is 6.03. The van der Waals surface area contributed by atoms with Crippen molar-refractivity contribution in [2.24, 2.45) is 5.92 Å². The number of fused-ring (bicyclic) bond motifs is 5. The van der Waals surface area contributed by atoms with Gasteiger partial charge in [-0.05, 0) is 75.1 Å². The lowest BCUT2D eigenvalue weighted by molar-refractivity contribution is -0.179.